The quantitative estimate of drug-likeness (QED) is 0.860. The molecular weight excluding hydrogens is 228 g/mol. The van der Waals surface area contributed by atoms with Crippen LogP contribution in [0.25, 0.3) is 0 Å². The fourth-order valence-corrected chi connectivity index (χ4v) is 1.35. The van der Waals surface area contributed by atoms with Gasteiger partial charge in [0.2, 0.25) is 0 Å². The number of amides is 1. The molecule has 0 aliphatic rings. The normalized spacial score (nSPS) is 12.2. The first-order chi connectivity index (χ1) is 8.06. The second-order valence-corrected chi connectivity index (χ2v) is 3.76. The van der Waals surface area contributed by atoms with Crippen molar-refractivity contribution in [2.24, 2.45) is 0 Å². The van der Waals surface area contributed by atoms with Crippen LogP contribution in [0.1, 0.15) is 23.7 Å². The van der Waals surface area contributed by atoms with Crippen LogP contribution in [0.4, 0.5) is 8.78 Å². The monoisotopic (exact) mass is 243 g/mol. The average Bonchev–Trinajstić information content (AvgIpc) is 2.29. The Bertz CT molecular complexity index is 396. The largest absolute Gasteiger partial charge is 0.385 e. The van der Waals surface area contributed by atoms with Crippen molar-refractivity contribution in [2.45, 2.75) is 19.4 Å². The van der Waals surface area contributed by atoms with Crippen LogP contribution >= 0.6 is 0 Å². The van der Waals surface area contributed by atoms with Crippen LogP contribution < -0.4 is 5.32 Å². The van der Waals surface area contributed by atoms with Gasteiger partial charge in [0.1, 0.15) is 0 Å². The summed E-state index contributed by atoms with van der Waals surface area (Å²) in [6, 6.07) is 3.36. The third-order valence-corrected chi connectivity index (χ3v) is 2.33. The first-order valence-electron chi connectivity index (χ1n) is 5.30. The summed E-state index contributed by atoms with van der Waals surface area (Å²) in [7, 11) is 1.56. The smallest absolute Gasteiger partial charge is 0.254 e. The molecule has 17 heavy (non-hydrogen) atoms. The number of ether oxygens (including phenoxy) is 1. The summed E-state index contributed by atoms with van der Waals surface area (Å²) in [4.78, 5) is 11.6. The van der Waals surface area contributed by atoms with E-state index in [0.717, 1.165) is 6.07 Å². The number of methoxy groups -OCH3 is 1. The maximum atomic E-state index is 13.3. The fourth-order valence-electron chi connectivity index (χ4n) is 1.35. The number of halogens is 2. The molecule has 1 aromatic carbocycles. The highest BCUT2D eigenvalue weighted by molar-refractivity contribution is 5.94. The predicted octanol–water partition coefficient (Wildman–Crippen LogP) is 2.12. The molecule has 1 amide bonds. The van der Waals surface area contributed by atoms with E-state index in [2.05, 4.69) is 5.32 Å². The summed E-state index contributed by atoms with van der Waals surface area (Å²) in [5.41, 5.74) is -0.283. The molecule has 0 spiro atoms. The molecule has 1 atom stereocenters. The Labute approximate surface area is 98.8 Å². The first kappa shape index (κ1) is 13.6. The van der Waals surface area contributed by atoms with Gasteiger partial charge in [-0.3, -0.25) is 4.79 Å². The van der Waals surface area contributed by atoms with E-state index in [-0.39, 0.29) is 11.6 Å². The Morgan fingerprint density at radius 2 is 2.18 bits per heavy atom. The van der Waals surface area contributed by atoms with Gasteiger partial charge >= 0.3 is 0 Å². The van der Waals surface area contributed by atoms with Crippen LogP contribution in [-0.2, 0) is 4.74 Å². The molecule has 0 fully saturated rings. The minimum absolute atomic E-state index is 0.162. The van der Waals surface area contributed by atoms with E-state index in [4.69, 9.17) is 4.74 Å². The van der Waals surface area contributed by atoms with Gasteiger partial charge in [0, 0.05) is 19.8 Å². The summed E-state index contributed by atoms with van der Waals surface area (Å²) < 4.78 is 31.1. The lowest BCUT2D eigenvalue weighted by Gasteiger charge is -2.13. The first-order valence-corrected chi connectivity index (χ1v) is 5.30. The van der Waals surface area contributed by atoms with E-state index in [1.54, 1.807) is 14.0 Å². The Balaban J connectivity index is 2.67. The Morgan fingerprint density at radius 3 is 2.82 bits per heavy atom. The second kappa shape index (κ2) is 6.30. The zero-order chi connectivity index (χ0) is 12.8. The molecule has 1 unspecified atom stereocenters. The minimum atomic E-state index is -1.12. The number of hydrogen-bond acceptors (Lipinski definition) is 2. The van der Waals surface area contributed by atoms with Gasteiger partial charge in [0.05, 0.1) is 5.56 Å². The summed E-state index contributed by atoms with van der Waals surface area (Å²) in [5.74, 6) is -2.77. The van der Waals surface area contributed by atoms with Crippen molar-refractivity contribution in [3.63, 3.8) is 0 Å². The Morgan fingerprint density at radius 1 is 1.47 bits per heavy atom. The molecule has 0 aliphatic carbocycles. The van der Waals surface area contributed by atoms with Crippen molar-refractivity contribution >= 4 is 5.91 Å². The van der Waals surface area contributed by atoms with Crippen LogP contribution in [0, 0.1) is 11.6 Å². The van der Waals surface area contributed by atoms with Gasteiger partial charge < -0.3 is 10.1 Å². The summed E-state index contributed by atoms with van der Waals surface area (Å²) >= 11 is 0. The molecule has 0 bridgehead atoms. The maximum absolute atomic E-state index is 13.3. The zero-order valence-corrected chi connectivity index (χ0v) is 9.80. The molecule has 5 heteroatoms. The predicted molar refractivity (Wildman–Crippen MR) is 59.8 cm³/mol. The van der Waals surface area contributed by atoms with Crippen molar-refractivity contribution in [1.82, 2.24) is 5.32 Å². The fraction of sp³-hybridized carbons (Fsp3) is 0.417. The molecule has 1 N–H and O–H groups in total. The van der Waals surface area contributed by atoms with Gasteiger partial charge in [-0.1, -0.05) is 6.07 Å². The van der Waals surface area contributed by atoms with Gasteiger partial charge in [-0.2, -0.15) is 0 Å². The topological polar surface area (TPSA) is 38.3 Å². The maximum Gasteiger partial charge on any atom is 0.254 e. The summed E-state index contributed by atoms with van der Waals surface area (Å²) in [6.45, 7) is 2.27. The minimum Gasteiger partial charge on any atom is -0.385 e. The van der Waals surface area contributed by atoms with E-state index in [0.29, 0.717) is 13.0 Å². The van der Waals surface area contributed by atoms with Gasteiger partial charge in [-0.25, -0.2) is 8.78 Å². The van der Waals surface area contributed by atoms with Crippen LogP contribution in [0.2, 0.25) is 0 Å². The second-order valence-electron chi connectivity index (χ2n) is 3.76. The highest BCUT2D eigenvalue weighted by atomic mass is 19.2. The van der Waals surface area contributed by atoms with Crippen LogP contribution in [0.15, 0.2) is 18.2 Å². The van der Waals surface area contributed by atoms with Crippen molar-refractivity contribution in [2.75, 3.05) is 13.7 Å². The van der Waals surface area contributed by atoms with E-state index >= 15 is 0 Å². The lowest BCUT2D eigenvalue weighted by atomic mass is 10.1. The number of rotatable bonds is 5. The van der Waals surface area contributed by atoms with E-state index in [9.17, 15) is 13.6 Å². The van der Waals surface area contributed by atoms with Crippen molar-refractivity contribution in [3.8, 4) is 0 Å². The Kier molecular flexibility index (Phi) is 5.03. The van der Waals surface area contributed by atoms with Crippen molar-refractivity contribution in [1.29, 1.82) is 0 Å². The van der Waals surface area contributed by atoms with Crippen molar-refractivity contribution < 1.29 is 18.3 Å². The summed E-state index contributed by atoms with van der Waals surface area (Å²) in [5, 5.41) is 2.57. The van der Waals surface area contributed by atoms with Crippen LogP contribution in [0.3, 0.4) is 0 Å². The van der Waals surface area contributed by atoms with Crippen LogP contribution in [0.5, 0.6) is 0 Å². The Hall–Kier alpha value is -1.49. The molecule has 0 aliphatic heterocycles. The molecule has 0 saturated carbocycles. The molecule has 0 saturated heterocycles. The third-order valence-electron chi connectivity index (χ3n) is 2.33. The molecule has 0 aromatic heterocycles. The molecule has 0 heterocycles. The standard InChI is InChI=1S/C12H15F2NO2/c1-8(6-7-17-2)15-12(16)9-4-3-5-10(13)11(9)14/h3-5,8H,6-7H2,1-2H3,(H,15,16). The van der Waals surface area contributed by atoms with Gasteiger partial charge in [0.15, 0.2) is 11.6 Å². The lowest BCUT2D eigenvalue weighted by Crippen LogP contribution is -2.34. The molecule has 1 aromatic rings. The molecule has 1 rings (SSSR count). The van der Waals surface area contributed by atoms with E-state index in [1.807, 2.05) is 0 Å². The highest BCUT2D eigenvalue weighted by Crippen LogP contribution is 2.11. The van der Waals surface area contributed by atoms with Gasteiger partial charge in [-0.05, 0) is 25.5 Å². The number of hydrogen-bond donors (Lipinski definition) is 1. The van der Waals surface area contributed by atoms with Crippen LogP contribution in [-0.4, -0.2) is 25.7 Å². The average molecular weight is 243 g/mol. The number of benzene rings is 1. The number of carbonyl (C=O) groups is 1. The molecule has 0 radical (unpaired) electrons. The van der Waals surface area contributed by atoms with E-state index < -0.39 is 17.5 Å². The zero-order valence-electron chi connectivity index (χ0n) is 9.80. The number of nitrogens with one attached hydrogen (secondary N) is 1. The molecule has 94 valence electrons. The molecular formula is C12H15F2NO2. The SMILES string of the molecule is COCCC(C)NC(=O)c1cccc(F)c1F. The lowest BCUT2D eigenvalue weighted by molar-refractivity contribution is 0.0924. The van der Waals surface area contributed by atoms with E-state index in [1.165, 1.54) is 12.1 Å². The van der Waals surface area contributed by atoms with Gasteiger partial charge in [0.25, 0.3) is 5.91 Å². The molecule has 3 nitrogen and oxygen atoms in total. The number of carbonyl (C=O) groups excluding carboxylic acids is 1. The van der Waals surface area contributed by atoms with Crippen molar-refractivity contribution in [3.05, 3.63) is 35.4 Å². The highest BCUT2D eigenvalue weighted by Gasteiger charge is 2.16. The summed E-state index contributed by atoms with van der Waals surface area (Å²) in [6.07, 6.45) is 0.610. The van der Waals surface area contributed by atoms with Gasteiger partial charge in [-0.15, -0.1) is 0 Å². The third kappa shape index (κ3) is 3.78.